The molecule has 3 nitrogen and oxygen atoms in total. The number of nitrogens with one attached hydrogen (secondary N) is 1. The number of primary amides is 1. The summed E-state index contributed by atoms with van der Waals surface area (Å²) in [4.78, 5) is 10.9. The Balaban J connectivity index is 2.67. The third-order valence-corrected chi connectivity index (χ3v) is 2.44. The highest BCUT2D eigenvalue weighted by Crippen LogP contribution is 2.28. The van der Waals surface area contributed by atoms with E-state index in [0.29, 0.717) is 0 Å². The zero-order chi connectivity index (χ0) is 7.61. The van der Waals surface area contributed by atoms with Crippen LogP contribution < -0.4 is 11.1 Å². The average molecular weight is 142 g/mol. The van der Waals surface area contributed by atoms with Gasteiger partial charge in [0.05, 0.1) is 5.41 Å². The summed E-state index contributed by atoms with van der Waals surface area (Å²) < 4.78 is 0. The van der Waals surface area contributed by atoms with Gasteiger partial charge in [0.1, 0.15) is 0 Å². The highest BCUT2D eigenvalue weighted by Gasteiger charge is 2.37. The number of carbonyl (C=O) groups excluding carboxylic acids is 1. The molecular formula is C7H14N2O. The van der Waals surface area contributed by atoms with Crippen molar-refractivity contribution in [2.24, 2.45) is 11.1 Å². The molecule has 0 aliphatic carbocycles. The van der Waals surface area contributed by atoms with E-state index in [9.17, 15) is 4.79 Å². The summed E-state index contributed by atoms with van der Waals surface area (Å²) in [6.45, 7) is 3.70. The van der Waals surface area contributed by atoms with E-state index in [1.54, 1.807) is 0 Å². The number of hydrogen-bond donors (Lipinski definition) is 2. The zero-order valence-corrected chi connectivity index (χ0v) is 6.31. The second kappa shape index (κ2) is 2.58. The predicted molar refractivity (Wildman–Crippen MR) is 39.4 cm³/mol. The Kier molecular flexibility index (Phi) is 1.94. The Morgan fingerprint density at radius 2 is 2.50 bits per heavy atom. The van der Waals surface area contributed by atoms with Crippen LogP contribution in [0.15, 0.2) is 0 Å². The number of nitrogens with two attached hydrogens (primary N) is 1. The van der Waals surface area contributed by atoms with Crippen LogP contribution in [0.1, 0.15) is 19.8 Å². The molecule has 1 atom stereocenters. The van der Waals surface area contributed by atoms with E-state index in [1.165, 1.54) is 0 Å². The predicted octanol–water partition coefficient (Wildman–Crippen LogP) is -0.139. The molecular weight excluding hydrogens is 128 g/mol. The average Bonchev–Trinajstić information content (AvgIpc) is 2.35. The lowest BCUT2D eigenvalue weighted by Gasteiger charge is -2.21. The molecule has 1 heterocycles. The van der Waals surface area contributed by atoms with Crippen LogP contribution in [0.3, 0.4) is 0 Å². The summed E-state index contributed by atoms with van der Waals surface area (Å²) in [6, 6.07) is 0. The fourth-order valence-corrected chi connectivity index (χ4v) is 1.43. The maximum Gasteiger partial charge on any atom is 0.224 e. The van der Waals surface area contributed by atoms with Gasteiger partial charge in [0.2, 0.25) is 5.91 Å². The normalized spacial score (nSPS) is 32.5. The Morgan fingerprint density at radius 3 is 2.70 bits per heavy atom. The SMILES string of the molecule is CCC1(C(N)=O)CCNC1. The molecule has 1 saturated heterocycles. The first kappa shape index (κ1) is 7.54. The quantitative estimate of drug-likeness (QED) is 0.564. The minimum absolute atomic E-state index is 0.153. The molecule has 0 spiro atoms. The Hall–Kier alpha value is -0.570. The third-order valence-electron chi connectivity index (χ3n) is 2.44. The van der Waals surface area contributed by atoms with Gasteiger partial charge in [0.25, 0.3) is 0 Å². The largest absolute Gasteiger partial charge is 0.369 e. The van der Waals surface area contributed by atoms with Gasteiger partial charge in [-0.2, -0.15) is 0 Å². The van der Waals surface area contributed by atoms with Crippen LogP contribution in [0.2, 0.25) is 0 Å². The molecule has 1 aliphatic heterocycles. The van der Waals surface area contributed by atoms with Gasteiger partial charge in [0.15, 0.2) is 0 Å². The molecule has 0 saturated carbocycles. The standard InChI is InChI=1S/C7H14N2O/c1-2-7(6(8)10)3-4-9-5-7/h9H,2-5H2,1H3,(H2,8,10). The lowest BCUT2D eigenvalue weighted by Crippen LogP contribution is -2.38. The van der Waals surface area contributed by atoms with Crippen molar-refractivity contribution in [3.05, 3.63) is 0 Å². The number of rotatable bonds is 2. The van der Waals surface area contributed by atoms with Gasteiger partial charge in [-0.05, 0) is 19.4 Å². The Morgan fingerprint density at radius 1 is 1.80 bits per heavy atom. The highest BCUT2D eigenvalue weighted by molar-refractivity contribution is 5.81. The van der Waals surface area contributed by atoms with Gasteiger partial charge in [0, 0.05) is 6.54 Å². The smallest absolute Gasteiger partial charge is 0.224 e. The summed E-state index contributed by atoms with van der Waals surface area (Å²) in [5.41, 5.74) is 5.03. The van der Waals surface area contributed by atoms with Gasteiger partial charge >= 0.3 is 0 Å². The van der Waals surface area contributed by atoms with Crippen molar-refractivity contribution in [3.63, 3.8) is 0 Å². The molecule has 0 radical (unpaired) electrons. The summed E-state index contributed by atoms with van der Waals surface area (Å²) >= 11 is 0. The minimum Gasteiger partial charge on any atom is -0.369 e. The van der Waals surface area contributed by atoms with Crippen molar-refractivity contribution in [2.75, 3.05) is 13.1 Å². The lowest BCUT2D eigenvalue weighted by atomic mass is 9.84. The molecule has 10 heavy (non-hydrogen) atoms. The molecule has 1 aliphatic rings. The summed E-state index contributed by atoms with van der Waals surface area (Å²) in [6.07, 6.45) is 1.76. The fraction of sp³-hybridized carbons (Fsp3) is 0.857. The van der Waals surface area contributed by atoms with Crippen LogP contribution in [-0.2, 0) is 4.79 Å². The van der Waals surface area contributed by atoms with Crippen LogP contribution >= 0.6 is 0 Å². The number of amides is 1. The molecule has 1 rings (SSSR count). The summed E-state index contributed by atoms with van der Waals surface area (Å²) in [7, 11) is 0. The molecule has 0 aromatic carbocycles. The number of carbonyl (C=O) groups is 1. The van der Waals surface area contributed by atoms with Gasteiger partial charge in [-0.25, -0.2) is 0 Å². The maximum absolute atomic E-state index is 10.9. The van der Waals surface area contributed by atoms with Crippen molar-refractivity contribution < 1.29 is 4.79 Å². The molecule has 58 valence electrons. The summed E-state index contributed by atoms with van der Waals surface area (Å²) in [5.74, 6) is -0.153. The topological polar surface area (TPSA) is 55.1 Å². The second-order valence-corrected chi connectivity index (χ2v) is 2.92. The van der Waals surface area contributed by atoms with E-state index in [4.69, 9.17) is 5.73 Å². The Bertz CT molecular complexity index is 139. The van der Waals surface area contributed by atoms with Gasteiger partial charge in [-0.1, -0.05) is 6.92 Å². The van der Waals surface area contributed by atoms with Crippen LogP contribution in [0.4, 0.5) is 0 Å². The van der Waals surface area contributed by atoms with Crippen LogP contribution in [0, 0.1) is 5.41 Å². The monoisotopic (exact) mass is 142 g/mol. The van der Waals surface area contributed by atoms with Crippen LogP contribution in [0.5, 0.6) is 0 Å². The first-order chi connectivity index (χ1) is 4.71. The van der Waals surface area contributed by atoms with E-state index in [2.05, 4.69) is 5.32 Å². The Labute approximate surface area is 61.0 Å². The molecule has 0 aromatic heterocycles. The molecule has 1 amide bonds. The van der Waals surface area contributed by atoms with E-state index >= 15 is 0 Å². The fourth-order valence-electron chi connectivity index (χ4n) is 1.43. The molecule has 0 bridgehead atoms. The third kappa shape index (κ3) is 1.01. The second-order valence-electron chi connectivity index (χ2n) is 2.92. The highest BCUT2D eigenvalue weighted by atomic mass is 16.1. The first-order valence-electron chi connectivity index (χ1n) is 3.72. The first-order valence-corrected chi connectivity index (χ1v) is 3.72. The van der Waals surface area contributed by atoms with Crippen LogP contribution in [0.25, 0.3) is 0 Å². The van der Waals surface area contributed by atoms with Gasteiger partial charge < -0.3 is 11.1 Å². The van der Waals surface area contributed by atoms with E-state index in [0.717, 1.165) is 25.9 Å². The van der Waals surface area contributed by atoms with Crippen molar-refractivity contribution in [2.45, 2.75) is 19.8 Å². The van der Waals surface area contributed by atoms with Crippen molar-refractivity contribution in [1.29, 1.82) is 0 Å². The molecule has 3 N–H and O–H groups in total. The van der Waals surface area contributed by atoms with Crippen molar-refractivity contribution >= 4 is 5.91 Å². The van der Waals surface area contributed by atoms with Crippen LogP contribution in [-0.4, -0.2) is 19.0 Å². The molecule has 1 fully saturated rings. The minimum atomic E-state index is -0.236. The van der Waals surface area contributed by atoms with Gasteiger partial charge in [-0.3, -0.25) is 4.79 Å². The molecule has 3 heteroatoms. The van der Waals surface area contributed by atoms with Crippen molar-refractivity contribution in [1.82, 2.24) is 5.32 Å². The zero-order valence-electron chi connectivity index (χ0n) is 6.31. The lowest BCUT2D eigenvalue weighted by molar-refractivity contribution is -0.126. The number of hydrogen-bond acceptors (Lipinski definition) is 2. The summed E-state index contributed by atoms with van der Waals surface area (Å²) in [5, 5.41) is 3.14. The molecule has 1 unspecified atom stereocenters. The van der Waals surface area contributed by atoms with E-state index in [-0.39, 0.29) is 11.3 Å². The van der Waals surface area contributed by atoms with E-state index in [1.807, 2.05) is 6.92 Å². The maximum atomic E-state index is 10.9. The van der Waals surface area contributed by atoms with Gasteiger partial charge in [-0.15, -0.1) is 0 Å². The van der Waals surface area contributed by atoms with E-state index < -0.39 is 0 Å². The van der Waals surface area contributed by atoms with Crippen molar-refractivity contribution in [3.8, 4) is 0 Å². The molecule has 0 aromatic rings.